The number of nitrogens with zero attached hydrogens (tertiary/aromatic N) is 1. The van der Waals surface area contributed by atoms with Crippen LogP contribution in [0.15, 0.2) is 48.5 Å². The fourth-order valence-corrected chi connectivity index (χ4v) is 3.18. The van der Waals surface area contributed by atoms with Crippen molar-refractivity contribution in [1.82, 2.24) is 5.32 Å². The van der Waals surface area contributed by atoms with Crippen LogP contribution < -0.4 is 9.62 Å². The lowest BCUT2D eigenvalue weighted by molar-refractivity contribution is 0.0943. The highest BCUT2D eigenvalue weighted by molar-refractivity contribution is 7.92. The average molecular weight is 364 g/mol. The third-order valence-corrected chi connectivity index (χ3v) is 4.65. The summed E-state index contributed by atoms with van der Waals surface area (Å²) in [5.74, 6) is -0.703. The summed E-state index contributed by atoms with van der Waals surface area (Å²) in [5.41, 5.74) is 1.07. The van der Waals surface area contributed by atoms with Crippen molar-refractivity contribution in [2.75, 3.05) is 10.6 Å². The summed E-state index contributed by atoms with van der Waals surface area (Å²) in [6, 6.07) is 12.2. The fourth-order valence-electron chi connectivity index (χ4n) is 2.31. The summed E-state index contributed by atoms with van der Waals surface area (Å²) in [6.07, 6.45) is 1.06. The van der Waals surface area contributed by atoms with E-state index in [9.17, 15) is 17.6 Å². The van der Waals surface area contributed by atoms with Crippen molar-refractivity contribution >= 4 is 21.6 Å². The molecule has 0 saturated carbocycles. The van der Waals surface area contributed by atoms with Gasteiger partial charge in [-0.05, 0) is 44.2 Å². The summed E-state index contributed by atoms with van der Waals surface area (Å²) in [5, 5.41) is 2.76. The quantitative estimate of drug-likeness (QED) is 0.857. The smallest absolute Gasteiger partial charge is 0.251 e. The van der Waals surface area contributed by atoms with E-state index in [0.29, 0.717) is 11.3 Å². The van der Waals surface area contributed by atoms with Crippen LogP contribution in [0.25, 0.3) is 0 Å². The van der Waals surface area contributed by atoms with Crippen molar-refractivity contribution in [2.24, 2.45) is 0 Å². The van der Waals surface area contributed by atoms with E-state index in [-0.39, 0.29) is 24.1 Å². The second kappa shape index (κ2) is 7.65. The van der Waals surface area contributed by atoms with Gasteiger partial charge in [0.25, 0.3) is 5.91 Å². The van der Waals surface area contributed by atoms with Crippen LogP contribution in [0, 0.1) is 5.82 Å². The van der Waals surface area contributed by atoms with E-state index < -0.39 is 15.8 Å². The number of nitrogens with one attached hydrogen (secondary N) is 1. The number of anilines is 1. The van der Waals surface area contributed by atoms with Crippen LogP contribution in [0.2, 0.25) is 0 Å². The number of rotatable bonds is 6. The third kappa shape index (κ3) is 5.03. The minimum atomic E-state index is -3.62. The van der Waals surface area contributed by atoms with Crippen molar-refractivity contribution < 1.29 is 17.6 Å². The topological polar surface area (TPSA) is 66.5 Å². The van der Waals surface area contributed by atoms with Crippen molar-refractivity contribution in [1.29, 1.82) is 0 Å². The molecule has 1 amide bonds. The first-order valence-corrected chi connectivity index (χ1v) is 9.65. The van der Waals surface area contributed by atoms with E-state index in [1.807, 2.05) is 13.8 Å². The Balaban J connectivity index is 2.30. The van der Waals surface area contributed by atoms with Crippen molar-refractivity contribution in [2.45, 2.75) is 26.4 Å². The highest BCUT2D eigenvalue weighted by Crippen LogP contribution is 2.22. The molecule has 0 heterocycles. The number of hydrogen-bond donors (Lipinski definition) is 1. The van der Waals surface area contributed by atoms with Gasteiger partial charge in [0.15, 0.2) is 0 Å². The van der Waals surface area contributed by atoms with E-state index in [2.05, 4.69) is 5.32 Å². The molecule has 0 atom stereocenters. The molecule has 2 aromatic rings. The molecule has 0 aliphatic heterocycles. The largest absolute Gasteiger partial charge is 0.350 e. The summed E-state index contributed by atoms with van der Waals surface area (Å²) in [6.45, 7) is 3.58. The maximum atomic E-state index is 13.9. The van der Waals surface area contributed by atoms with Gasteiger partial charge < -0.3 is 5.32 Å². The number of hydrogen-bond acceptors (Lipinski definition) is 3. The molecular weight excluding hydrogens is 343 g/mol. The third-order valence-electron chi connectivity index (χ3n) is 3.51. The predicted molar refractivity (Wildman–Crippen MR) is 96.5 cm³/mol. The van der Waals surface area contributed by atoms with Gasteiger partial charge in [0.05, 0.1) is 18.5 Å². The maximum absolute atomic E-state index is 13.9. The van der Waals surface area contributed by atoms with Crippen LogP contribution >= 0.6 is 0 Å². The Kier molecular flexibility index (Phi) is 5.79. The molecule has 0 fully saturated rings. The minimum absolute atomic E-state index is 0.000695. The van der Waals surface area contributed by atoms with Crippen LogP contribution in [0.3, 0.4) is 0 Å². The number of amides is 1. The first-order chi connectivity index (χ1) is 11.7. The highest BCUT2D eigenvalue weighted by Gasteiger charge is 2.20. The van der Waals surface area contributed by atoms with E-state index in [4.69, 9.17) is 0 Å². The van der Waals surface area contributed by atoms with Gasteiger partial charge in [0.2, 0.25) is 10.0 Å². The SMILES string of the molecule is CC(C)NC(=O)c1ccc(N(Cc2ccccc2F)S(C)(=O)=O)cc1. The van der Waals surface area contributed by atoms with Crippen LogP contribution in [-0.2, 0) is 16.6 Å². The molecule has 2 aromatic carbocycles. The molecule has 2 rings (SSSR count). The lowest BCUT2D eigenvalue weighted by Crippen LogP contribution is -2.31. The summed E-state index contributed by atoms with van der Waals surface area (Å²) in [7, 11) is -3.62. The van der Waals surface area contributed by atoms with Gasteiger partial charge in [-0.2, -0.15) is 0 Å². The standard InChI is InChI=1S/C18H21FN2O3S/c1-13(2)20-18(22)14-8-10-16(11-9-14)21(25(3,23)24)12-15-6-4-5-7-17(15)19/h4-11,13H,12H2,1-3H3,(H,20,22). The number of carbonyl (C=O) groups is 1. The molecule has 0 bridgehead atoms. The van der Waals surface area contributed by atoms with E-state index in [1.165, 1.54) is 24.3 Å². The molecule has 5 nitrogen and oxygen atoms in total. The Hall–Kier alpha value is -2.41. The lowest BCUT2D eigenvalue weighted by atomic mass is 10.1. The molecule has 0 aliphatic rings. The minimum Gasteiger partial charge on any atom is -0.350 e. The Morgan fingerprint density at radius 2 is 1.72 bits per heavy atom. The summed E-state index contributed by atoms with van der Waals surface area (Å²) in [4.78, 5) is 12.0. The van der Waals surface area contributed by atoms with Gasteiger partial charge in [-0.3, -0.25) is 9.10 Å². The zero-order valence-corrected chi connectivity index (χ0v) is 15.2. The zero-order chi connectivity index (χ0) is 18.6. The van der Waals surface area contributed by atoms with E-state index >= 15 is 0 Å². The van der Waals surface area contributed by atoms with Crippen LogP contribution in [-0.4, -0.2) is 26.6 Å². The summed E-state index contributed by atoms with van der Waals surface area (Å²) < 4.78 is 39.2. The van der Waals surface area contributed by atoms with Gasteiger partial charge in [0.1, 0.15) is 5.82 Å². The van der Waals surface area contributed by atoms with Crippen molar-refractivity contribution in [3.63, 3.8) is 0 Å². The highest BCUT2D eigenvalue weighted by atomic mass is 32.2. The molecule has 7 heteroatoms. The molecule has 0 unspecified atom stereocenters. The second-order valence-corrected chi connectivity index (χ2v) is 7.94. The van der Waals surface area contributed by atoms with Gasteiger partial charge >= 0.3 is 0 Å². The zero-order valence-electron chi connectivity index (χ0n) is 14.4. The molecule has 0 aliphatic carbocycles. The maximum Gasteiger partial charge on any atom is 0.251 e. The summed E-state index contributed by atoms with van der Waals surface area (Å²) >= 11 is 0. The number of sulfonamides is 1. The van der Waals surface area contributed by atoms with Gasteiger partial charge in [0, 0.05) is 17.2 Å². The van der Waals surface area contributed by atoms with E-state index in [0.717, 1.165) is 10.6 Å². The Morgan fingerprint density at radius 3 is 2.24 bits per heavy atom. The first-order valence-electron chi connectivity index (χ1n) is 7.80. The average Bonchev–Trinajstić information content (AvgIpc) is 2.52. The Bertz CT molecular complexity index is 849. The number of halogens is 1. The van der Waals surface area contributed by atoms with Crippen molar-refractivity contribution in [3.05, 3.63) is 65.5 Å². The van der Waals surface area contributed by atoms with Crippen molar-refractivity contribution in [3.8, 4) is 0 Å². The van der Waals surface area contributed by atoms with Crippen LogP contribution in [0.5, 0.6) is 0 Å². The molecule has 134 valence electrons. The molecule has 25 heavy (non-hydrogen) atoms. The Labute approximate surface area is 147 Å². The van der Waals surface area contributed by atoms with Crippen LogP contribution in [0.4, 0.5) is 10.1 Å². The van der Waals surface area contributed by atoms with Gasteiger partial charge in [-0.15, -0.1) is 0 Å². The van der Waals surface area contributed by atoms with E-state index in [1.54, 1.807) is 24.3 Å². The molecule has 1 N–H and O–H groups in total. The fraction of sp³-hybridized carbons (Fsp3) is 0.278. The molecule has 0 aromatic heterocycles. The van der Waals surface area contributed by atoms with Gasteiger partial charge in [-0.25, -0.2) is 12.8 Å². The van der Waals surface area contributed by atoms with Gasteiger partial charge in [-0.1, -0.05) is 18.2 Å². The Morgan fingerprint density at radius 1 is 1.12 bits per heavy atom. The second-order valence-electron chi connectivity index (χ2n) is 6.04. The monoisotopic (exact) mass is 364 g/mol. The molecule has 0 spiro atoms. The normalized spacial score (nSPS) is 11.4. The molecule has 0 saturated heterocycles. The first kappa shape index (κ1) is 18.9. The predicted octanol–water partition coefficient (Wildman–Crippen LogP) is 2.93. The number of benzene rings is 2. The van der Waals surface area contributed by atoms with Crippen LogP contribution in [0.1, 0.15) is 29.8 Å². The molecule has 0 radical (unpaired) electrons. The number of carbonyl (C=O) groups excluding carboxylic acids is 1. The lowest BCUT2D eigenvalue weighted by Gasteiger charge is -2.23. The molecular formula is C18H21FN2O3S.